The van der Waals surface area contributed by atoms with Crippen LogP contribution in [0.3, 0.4) is 0 Å². The molecule has 242 valence electrons. The number of piperazine rings is 1. The van der Waals surface area contributed by atoms with Gasteiger partial charge < -0.3 is 16.8 Å². The van der Waals surface area contributed by atoms with Crippen molar-refractivity contribution in [1.82, 2.24) is 9.80 Å². The zero-order chi connectivity index (χ0) is 29.5. The van der Waals surface area contributed by atoms with E-state index in [1.807, 2.05) is 4.90 Å². The highest BCUT2D eigenvalue weighted by atomic mass is 35.5. The third-order valence-electron chi connectivity index (χ3n) is 7.33. The van der Waals surface area contributed by atoms with Crippen molar-refractivity contribution in [2.24, 2.45) is 5.73 Å². The van der Waals surface area contributed by atoms with Gasteiger partial charge in [0.2, 0.25) is 11.8 Å². The molecule has 1 aliphatic heterocycles. The second-order valence-electron chi connectivity index (χ2n) is 10.2. The van der Waals surface area contributed by atoms with Crippen LogP contribution in [-0.2, 0) is 9.59 Å². The summed E-state index contributed by atoms with van der Waals surface area (Å²) in [6.45, 7) is 2.17. The van der Waals surface area contributed by atoms with Gasteiger partial charge in [-0.1, -0.05) is 53.9 Å². The summed E-state index contributed by atoms with van der Waals surface area (Å²) in [5.41, 5.74) is 14.1. The number of unbranched alkanes of at least 4 members (excludes halogenated alkanes) is 1. The fourth-order valence-electron chi connectivity index (χ4n) is 5.23. The minimum Gasteiger partial charge on any atom is -0.399 e. The molecule has 3 aromatic carbocycles. The van der Waals surface area contributed by atoms with Crippen LogP contribution < -0.4 is 16.8 Å². The number of carbonyl (C=O) groups is 2. The van der Waals surface area contributed by atoms with Crippen LogP contribution in [0.4, 0.5) is 20.2 Å². The van der Waals surface area contributed by atoms with Gasteiger partial charge in [0.1, 0.15) is 17.7 Å². The maximum Gasteiger partial charge on any atom is 0.238 e. The molecule has 5 N–H and O–H groups in total. The summed E-state index contributed by atoms with van der Waals surface area (Å²) in [7, 11) is 0. The average molecular weight is 714 g/mol. The van der Waals surface area contributed by atoms with Gasteiger partial charge in [0, 0.05) is 31.2 Å². The second-order valence-corrected chi connectivity index (χ2v) is 11.1. The van der Waals surface area contributed by atoms with Crippen molar-refractivity contribution >= 4 is 83.6 Å². The predicted octanol–water partition coefficient (Wildman–Crippen LogP) is 6.53. The first kappa shape index (κ1) is 39.7. The van der Waals surface area contributed by atoms with Gasteiger partial charge in [0.05, 0.1) is 22.3 Å². The Bertz CT molecular complexity index is 1300. The molecule has 4 rings (SSSR count). The highest BCUT2D eigenvalue weighted by Gasteiger charge is 2.31. The number of hydrogen-bond acceptors (Lipinski definition) is 5. The lowest BCUT2D eigenvalue weighted by Gasteiger charge is -2.39. The van der Waals surface area contributed by atoms with Crippen LogP contribution in [0.1, 0.15) is 36.3 Å². The Morgan fingerprint density at radius 2 is 1.41 bits per heavy atom. The largest absolute Gasteiger partial charge is 0.399 e. The maximum atomic E-state index is 13.5. The predicted molar refractivity (Wildman–Crippen MR) is 181 cm³/mol. The van der Waals surface area contributed by atoms with E-state index in [0.29, 0.717) is 31.9 Å². The summed E-state index contributed by atoms with van der Waals surface area (Å²) in [4.78, 5) is 28.9. The van der Waals surface area contributed by atoms with Crippen LogP contribution >= 0.6 is 60.4 Å². The van der Waals surface area contributed by atoms with Crippen molar-refractivity contribution in [3.63, 3.8) is 0 Å². The molecule has 0 spiro atoms. The number of rotatable bonds is 11. The molecule has 44 heavy (non-hydrogen) atoms. The Morgan fingerprint density at radius 3 is 1.91 bits per heavy atom. The molecule has 0 radical (unpaired) electrons. The smallest absolute Gasteiger partial charge is 0.238 e. The van der Waals surface area contributed by atoms with Gasteiger partial charge in [-0.15, -0.1) is 37.2 Å². The zero-order valence-electron chi connectivity index (χ0n) is 23.7. The van der Waals surface area contributed by atoms with E-state index < -0.39 is 11.9 Å². The van der Waals surface area contributed by atoms with Crippen molar-refractivity contribution in [2.75, 3.05) is 43.8 Å². The number of anilines is 2. The number of nitrogens with one attached hydrogen (secondary N) is 1. The lowest BCUT2D eigenvalue weighted by molar-refractivity contribution is -0.127. The molecule has 1 saturated heterocycles. The van der Waals surface area contributed by atoms with E-state index in [4.69, 9.17) is 34.7 Å². The number of halogens is 7. The van der Waals surface area contributed by atoms with Crippen LogP contribution in [-0.4, -0.2) is 60.4 Å². The van der Waals surface area contributed by atoms with E-state index in [1.165, 1.54) is 36.4 Å². The summed E-state index contributed by atoms with van der Waals surface area (Å²) in [5.74, 6) is -1.39. The van der Waals surface area contributed by atoms with Crippen LogP contribution in [0.15, 0.2) is 60.7 Å². The minimum absolute atomic E-state index is 0. The first-order chi connectivity index (χ1) is 19.6. The SMILES string of the molecule is Cl.Cl.Cl.NC(=O)C1CN(CC(=O)Nc2c(Cl)cc(N)cc2Cl)CCN1CCCCC(c1ccc(F)cc1)c1ccc(F)cc1. The molecule has 1 heterocycles. The highest BCUT2D eigenvalue weighted by molar-refractivity contribution is 6.40. The number of primary amides is 1. The number of nitrogen functional groups attached to an aromatic ring is 1. The third-order valence-corrected chi connectivity index (χ3v) is 7.93. The van der Waals surface area contributed by atoms with Crippen molar-refractivity contribution in [1.29, 1.82) is 0 Å². The summed E-state index contributed by atoms with van der Waals surface area (Å²) < 4.78 is 27.1. The lowest BCUT2D eigenvalue weighted by Crippen LogP contribution is -2.59. The molecule has 1 aliphatic rings. The van der Waals surface area contributed by atoms with Crippen LogP contribution in [0.2, 0.25) is 10.0 Å². The minimum atomic E-state index is -0.537. The van der Waals surface area contributed by atoms with Crippen molar-refractivity contribution in [3.8, 4) is 0 Å². The van der Waals surface area contributed by atoms with E-state index in [1.54, 1.807) is 24.3 Å². The second kappa shape index (κ2) is 18.6. The summed E-state index contributed by atoms with van der Waals surface area (Å²) >= 11 is 12.4. The number of nitrogens with zero attached hydrogens (tertiary/aromatic N) is 2. The fourth-order valence-corrected chi connectivity index (χ4v) is 5.83. The molecule has 0 aliphatic carbocycles. The number of hydrogen-bond donors (Lipinski definition) is 3. The summed E-state index contributed by atoms with van der Waals surface area (Å²) in [6.07, 6.45) is 2.41. The number of amides is 2. The molecule has 2 amide bonds. The molecule has 1 fully saturated rings. The normalized spacial score (nSPS) is 15.1. The van der Waals surface area contributed by atoms with E-state index >= 15 is 0 Å². The van der Waals surface area contributed by atoms with Crippen molar-refractivity contribution < 1.29 is 18.4 Å². The van der Waals surface area contributed by atoms with Gasteiger partial charge in [0.15, 0.2) is 0 Å². The highest BCUT2D eigenvalue weighted by Crippen LogP contribution is 2.33. The molecule has 0 bridgehead atoms. The number of carbonyl (C=O) groups excluding carboxylic acids is 2. The molecular weight excluding hydrogens is 678 g/mol. The first-order valence-corrected chi connectivity index (χ1v) is 14.2. The first-order valence-electron chi connectivity index (χ1n) is 13.4. The van der Waals surface area contributed by atoms with E-state index in [0.717, 1.165) is 30.4 Å². The summed E-state index contributed by atoms with van der Waals surface area (Å²) in [5, 5.41) is 3.20. The quantitative estimate of drug-likeness (QED) is 0.155. The zero-order valence-corrected chi connectivity index (χ0v) is 27.6. The van der Waals surface area contributed by atoms with Gasteiger partial charge in [-0.2, -0.15) is 0 Å². The Kier molecular flexibility index (Phi) is 16.7. The van der Waals surface area contributed by atoms with Crippen molar-refractivity contribution in [3.05, 3.63) is 93.5 Å². The molecule has 0 saturated carbocycles. The van der Waals surface area contributed by atoms with Crippen LogP contribution in [0.5, 0.6) is 0 Å². The molecular formula is C30H36Cl5F2N5O2. The molecule has 1 unspecified atom stereocenters. The number of nitrogens with two attached hydrogens (primary N) is 2. The van der Waals surface area contributed by atoms with Gasteiger partial charge in [-0.3, -0.25) is 19.4 Å². The van der Waals surface area contributed by atoms with Gasteiger partial charge in [0.25, 0.3) is 0 Å². The topological polar surface area (TPSA) is 105 Å². The number of benzene rings is 3. The standard InChI is InChI=1S/C30H33Cl2F2N5O2.3ClH/c31-25-15-23(35)16-26(32)29(25)37-28(40)18-38-13-14-39(27(17-38)30(36)41)12-2-1-3-24(19-4-8-21(33)9-5-19)20-6-10-22(34)11-7-20;;;/h4-11,15-16,24,27H,1-3,12-14,17-18,35H2,(H2,36,41)(H,37,40);3*1H. The van der Waals surface area contributed by atoms with Gasteiger partial charge >= 0.3 is 0 Å². The van der Waals surface area contributed by atoms with Gasteiger partial charge in [-0.25, -0.2) is 8.78 Å². The van der Waals surface area contributed by atoms with Crippen LogP contribution in [0.25, 0.3) is 0 Å². The van der Waals surface area contributed by atoms with E-state index in [2.05, 4.69) is 10.2 Å². The molecule has 14 heteroatoms. The molecule has 7 nitrogen and oxygen atoms in total. The molecule has 1 atom stereocenters. The van der Waals surface area contributed by atoms with Gasteiger partial charge in [-0.05, 0) is 66.9 Å². The monoisotopic (exact) mass is 711 g/mol. The third kappa shape index (κ3) is 10.9. The fraction of sp³-hybridized carbons (Fsp3) is 0.333. The summed E-state index contributed by atoms with van der Waals surface area (Å²) in [6, 6.07) is 15.2. The van der Waals surface area contributed by atoms with E-state index in [-0.39, 0.29) is 83.0 Å². The Hall–Kier alpha value is -2.37. The molecule has 3 aromatic rings. The Morgan fingerprint density at radius 1 is 0.886 bits per heavy atom. The van der Waals surface area contributed by atoms with Crippen molar-refractivity contribution in [2.45, 2.75) is 31.2 Å². The Labute approximate surface area is 284 Å². The lowest BCUT2D eigenvalue weighted by atomic mass is 9.87. The average Bonchev–Trinajstić information content (AvgIpc) is 2.92. The molecule has 0 aromatic heterocycles. The Balaban J connectivity index is 0.00000323. The van der Waals surface area contributed by atoms with Crippen LogP contribution in [0, 0.1) is 11.6 Å². The maximum absolute atomic E-state index is 13.5. The van der Waals surface area contributed by atoms with E-state index in [9.17, 15) is 18.4 Å².